The van der Waals surface area contributed by atoms with Crippen LogP contribution in [0.5, 0.6) is 0 Å². The van der Waals surface area contributed by atoms with Gasteiger partial charge in [0.1, 0.15) is 5.82 Å². The molecule has 0 spiro atoms. The van der Waals surface area contributed by atoms with Gasteiger partial charge in [-0.05, 0) is 32.9 Å². The summed E-state index contributed by atoms with van der Waals surface area (Å²) in [7, 11) is 1.92. The first-order chi connectivity index (χ1) is 8.18. The van der Waals surface area contributed by atoms with Gasteiger partial charge in [-0.25, -0.2) is 0 Å². The Labute approximate surface area is 104 Å². The number of aromatic nitrogens is 2. The molecular formula is C13H24N4. The molecule has 4 heteroatoms. The highest BCUT2D eigenvalue weighted by Crippen LogP contribution is 2.19. The van der Waals surface area contributed by atoms with Crippen molar-refractivity contribution < 1.29 is 0 Å². The minimum absolute atomic E-state index is 0.824. The summed E-state index contributed by atoms with van der Waals surface area (Å²) in [6.45, 7) is 5.42. The minimum Gasteiger partial charge on any atom is -0.384 e. The first-order valence-electron chi connectivity index (χ1n) is 6.69. The van der Waals surface area contributed by atoms with E-state index in [0.717, 1.165) is 18.1 Å². The third-order valence-corrected chi connectivity index (χ3v) is 3.72. The Morgan fingerprint density at radius 2 is 1.71 bits per heavy atom. The lowest BCUT2D eigenvalue weighted by molar-refractivity contribution is 0.240. The van der Waals surface area contributed by atoms with Gasteiger partial charge in [0.2, 0.25) is 0 Å². The van der Waals surface area contributed by atoms with Crippen molar-refractivity contribution in [1.29, 1.82) is 0 Å². The van der Waals surface area contributed by atoms with Gasteiger partial charge >= 0.3 is 0 Å². The van der Waals surface area contributed by atoms with Crippen molar-refractivity contribution in [3.05, 3.63) is 11.3 Å². The zero-order valence-electron chi connectivity index (χ0n) is 11.1. The quantitative estimate of drug-likeness (QED) is 0.855. The minimum atomic E-state index is 0.824. The molecule has 2 rings (SSSR count). The fourth-order valence-corrected chi connectivity index (χ4v) is 2.61. The summed E-state index contributed by atoms with van der Waals surface area (Å²) < 4.78 is 1.79. The third-order valence-electron chi connectivity index (χ3n) is 3.72. The van der Waals surface area contributed by atoms with E-state index in [1.54, 1.807) is 4.68 Å². The monoisotopic (exact) mass is 236 g/mol. The number of likely N-dealkylation sites (tertiary alicyclic amines) is 1. The zero-order valence-corrected chi connectivity index (χ0v) is 11.1. The largest absolute Gasteiger partial charge is 0.384 e. The summed E-state index contributed by atoms with van der Waals surface area (Å²) in [5.41, 5.74) is 8.36. The third kappa shape index (κ3) is 3.00. The molecule has 0 unspecified atom stereocenters. The van der Waals surface area contributed by atoms with E-state index in [2.05, 4.69) is 16.9 Å². The molecule has 0 saturated carbocycles. The molecule has 0 radical (unpaired) electrons. The number of rotatable bonds is 2. The average molecular weight is 236 g/mol. The molecular weight excluding hydrogens is 212 g/mol. The molecule has 4 nitrogen and oxygen atoms in total. The van der Waals surface area contributed by atoms with E-state index in [0.29, 0.717) is 0 Å². The maximum atomic E-state index is 6.06. The van der Waals surface area contributed by atoms with Crippen LogP contribution < -0.4 is 5.73 Å². The Morgan fingerprint density at radius 3 is 2.24 bits per heavy atom. The lowest BCUT2D eigenvalue weighted by Gasteiger charge is -2.24. The van der Waals surface area contributed by atoms with Crippen LogP contribution in [-0.4, -0.2) is 27.8 Å². The number of aryl methyl sites for hydroxylation is 2. The second-order valence-corrected chi connectivity index (χ2v) is 5.12. The molecule has 1 aromatic rings. The first kappa shape index (κ1) is 12.4. The van der Waals surface area contributed by atoms with E-state index in [1.807, 2.05) is 7.05 Å². The van der Waals surface area contributed by atoms with E-state index in [4.69, 9.17) is 5.73 Å². The van der Waals surface area contributed by atoms with Crippen molar-refractivity contribution in [2.45, 2.75) is 45.6 Å². The summed E-state index contributed by atoms with van der Waals surface area (Å²) >= 11 is 0. The predicted molar refractivity (Wildman–Crippen MR) is 70.7 cm³/mol. The van der Waals surface area contributed by atoms with E-state index < -0.39 is 0 Å². The SMILES string of the molecule is Cc1nn(C)c(N)c1CN1CCCCCCC1. The molecule has 0 atom stereocenters. The number of hydrogen-bond acceptors (Lipinski definition) is 3. The fraction of sp³-hybridized carbons (Fsp3) is 0.769. The van der Waals surface area contributed by atoms with Crippen molar-refractivity contribution in [3.8, 4) is 0 Å². The maximum Gasteiger partial charge on any atom is 0.126 e. The molecule has 0 bridgehead atoms. The Bertz CT molecular complexity index is 362. The van der Waals surface area contributed by atoms with Crippen molar-refractivity contribution in [2.75, 3.05) is 18.8 Å². The van der Waals surface area contributed by atoms with Crippen LogP contribution in [-0.2, 0) is 13.6 Å². The molecule has 96 valence electrons. The highest BCUT2D eigenvalue weighted by molar-refractivity contribution is 5.42. The summed E-state index contributed by atoms with van der Waals surface area (Å²) in [4.78, 5) is 2.53. The molecule has 17 heavy (non-hydrogen) atoms. The van der Waals surface area contributed by atoms with Crippen LogP contribution in [0.2, 0.25) is 0 Å². The summed E-state index contributed by atoms with van der Waals surface area (Å²) in [5, 5.41) is 4.38. The van der Waals surface area contributed by atoms with Gasteiger partial charge in [-0.2, -0.15) is 5.10 Å². The second kappa shape index (κ2) is 5.54. The molecule has 1 saturated heterocycles. The lowest BCUT2D eigenvalue weighted by atomic mass is 10.1. The van der Waals surface area contributed by atoms with Crippen molar-refractivity contribution in [1.82, 2.24) is 14.7 Å². The maximum absolute atomic E-state index is 6.06. The van der Waals surface area contributed by atoms with Crippen LogP contribution in [0.15, 0.2) is 0 Å². The standard InChI is InChI=1S/C13H24N4/c1-11-12(13(14)16(2)15-11)10-17-8-6-4-3-5-7-9-17/h3-10,14H2,1-2H3. The Hall–Kier alpha value is -1.03. The molecule has 2 heterocycles. The topological polar surface area (TPSA) is 47.1 Å². The van der Waals surface area contributed by atoms with Crippen LogP contribution in [0.1, 0.15) is 43.4 Å². The van der Waals surface area contributed by atoms with Crippen LogP contribution in [0, 0.1) is 6.92 Å². The van der Waals surface area contributed by atoms with Gasteiger partial charge in [0.05, 0.1) is 5.69 Å². The van der Waals surface area contributed by atoms with Gasteiger partial charge in [0.15, 0.2) is 0 Å². The molecule has 1 aromatic heterocycles. The Balaban J connectivity index is 2.03. The summed E-state index contributed by atoms with van der Waals surface area (Å²) in [6.07, 6.45) is 6.79. The molecule has 1 aliphatic rings. The lowest BCUT2D eigenvalue weighted by Crippen LogP contribution is -2.27. The fourth-order valence-electron chi connectivity index (χ4n) is 2.61. The van der Waals surface area contributed by atoms with Crippen molar-refractivity contribution in [3.63, 3.8) is 0 Å². The molecule has 1 fully saturated rings. The van der Waals surface area contributed by atoms with Crippen LogP contribution in [0.4, 0.5) is 5.82 Å². The highest BCUT2D eigenvalue weighted by Gasteiger charge is 2.15. The molecule has 0 aliphatic carbocycles. The molecule has 2 N–H and O–H groups in total. The predicted octanol–water partition coefficient (Wildman–Crippen LogP) is 2.08. The van der Waals surface area contributed by atoms with E-state index >= 15 is 0 Å². The van der Waals surface area contributed by atoms with Gasteiger partial charge in [-0.1, -0.05) is 19.3 Å². The van der Waals surface area contributed by atoms with Gasteiger partial charge < -0.3 is 5.73 Å². The van der Waals surface area contributed by atoms with Gasteiger partial charge in [0.25, 0.3) is 0 Å². The summed E-state index contributed by atoms with van der Waals surface area (Å²) in [6, 6.07) is 0. The highest BCUT2D eigenvalue weighted by atomic mass is 15.3. The van der Waals surface area contributed by atoms with Crippen LogP contribution >= 0.6 is 0 Å². The van der Waals surface area contributed by atoms with Gasteiger partial charge in [-0.15, -0.1) is 0 Å². The number of anilines is 1. The molecule has 0 aromatic carbocycles. The van der Waals surface area contributed by atoms with Crippen molar-refractivity contribution in [2.24, 2.45) is 7.05 Å². The molecule has 1 aliphatic heterocycles. The number of nitrogens with two attached hydrogens (primary N) is 1. The zero-order chi connectivity index (χ0) is 12.3. The number of nitrogen functional groups attached to an aromatic ring is 1. The average Bonchev–Trinajstić information content (AvgIpc) is 2.48. The Morgan fingerprint density at radius 1 is 1.12 bits per heavy atom. The summed E-state index contributed by atoms with van der Waals surface area (Å²) in [5.74, 6) is 0.824. The van der Waals surface area contributed by atoms with E-state index in [1.165, 1.54) is 50.8 Å². The normalized spacial score (nSPS) is 18.9. The Kier molecular flexibility index (Phi) is 4.05. The first-order valence-corrected chi connectivity index (χ1v) is 6.69. The number of nitrogens with zero attached hydrogens (tertiary/aromatic N) is 3. The second-order valence-electron chi connectivity index (χ2n) is 5.12. The van der Waals surface area contributed by atoms with Crippen LogP contribution in [0.3, 0.4) is 0 Å². The van der Waals surface area contributed by atoms with Crippen molar-refractivity contribution >= 4 is 5.82 Å². The van der Waals surface area contributed by atoms with E-state index in [9.17, 15) is 0 Å². The number of hydrogen-bond donors (Lipinski definition) is 1. The van der Waals surface area contributed by atoms with Crippen LogP contribution in [0.25, 0.3) is 0 Å². The van der Waals surface area contributed by atoms with Gasteiger partial charge in [0, 0.05) is 19.2 Å². The molecule has 0 amide bonds. The smallest absolute Gasteiger partial charge is 0.126 e. The van der Waals surface area contributed by atoms with Gasteiger partial charge in [-0.3, -0.25) is 9.58 Å². The van der Waals surface area contributed by atoms with E-state index in [-0.39, 0.29) is 0 Å².